The Morgan fingerprint density at radius 1 is 1.29 bits per heavy atom. The summed E-state index contributed by atoms with van der Waals surface area (Å²) in [6, 6.07) is 12.5. The van der Waals surface area contributed by atoms with Crippen LogP contribution in [-0.4, -0.2) is 18.6 Å². The molecule has 0 fully saturated rings. The zero-order valence-corrected chi connectivity index (χ0v) is 11.5. The molecule has 0 saturated carbocycles. The highest BCUT2D eigenvalue weighted by atomic mass is 19.1. The van der Waals surface area contributed by atoms with Crippen molar-refractivity contribution in [2.45, 2.75) is 6.04 Å². The fourth-order valence-corrected chi connectivity index (χ4v) is 2.00. The van der Waals surface area contributed by atoms with Crippen LogP contribution in [0.2, 0.25) is 0 Å². The lowest BCUT2D eigenvalue weighted by molar-refractivity contribution is -0.384. The summed E-state index contributed by atoms with van der Waals surface area (Å²) in [5.74, 6) is -0.544. The van der Waals surface area contributed by atoms with Crippen LogP contribution in [0, 0.1) is 15.9 Å². The molecule has 110 valence electrons. The van der Waals surface area contributed by atoms with Crippen LogP contribution in [0.5, 0.6) is 0 Å². The lowest BCUT2D eigenvalue weighted by atomic mass is 10.1. The Morgan fingerprint density at radius 3 is 2.62 bits per heavy atom. The zero-order valence-electron chi connectivity index (χ0n) is 11.5. The minimum absolute atomic E-state index is 0.0788. The number of nitro benzene ring substituents is 1. The molecule has 0 aliphatic heterocycles. The minimum atomic E-state index is -0.557. The molecule has 5 nitrogen and oxygen atoms in total. The van der Waals surface area contributed by atoms with Crippen molar-refractivity contribution in [1.29, 1.82) is 0 Å². The van der Waals surface area contributed by atoms with E-state index in [-0.39, 0.29) is 17.4 Å². The third-order valence-corrected chi connectivity index (χ3v) is 3.03. The highest BCUT2D eigenvalue weighted by molar-refractivity contribution is 5.53. The number of hydrogen-bond acceptors (Lipinski definition) is 4. The van der Waals surface area contributed by atoms with Gasteiger partial charge < -0.3 is 10.1 Å². The van der Waals surface area contributed by atoms with Crippen molar-refractivity contribution >= 4 is 11.4 Å². The second kappa shape index (κ2) is 6.81. The molecule has 1 unspecified atom stereocenters. The normalized spacial score (nSPS) is 11.9. The molecule has 2 aromatic carbocycles. The van der Waals surface area contributed by atoms with Gasteiger partial charge >= 0.3 is 0 Å². The number of ether oxygens (including phenoxy) is 1. The first kappa shape index (κ1) is 14.9. The fraction of sp³-hybridized carbons (Fsp3) is 0.200. The number of benzene rings is 2. The maximum atomic E-state index is 13.8. The van der Waals surface area contributed by atoms with Gasteiger partial charge in [0, 0.05) is 19.2 Å². The smallest absolute Gasteiger partial charge is 0.271 e. The van der Waals surface area contributed by atoms with E-state index in [9.17, 15) is 14.5 Å². The van der Waals surface area contributed by atoms with E-state index >= 15 is 0 Å². The second-order valence-corrected chi connectivity index (χ2v) is 4.48. The van der Waals surface area contributed by atoms with Crippen LogP contribution in [0.1, 0.15) is 11.6 Å². The van der Waals surface area contributed by atoms with Gasteiger partial charge in [0.05, 0.1) is 23.3 Å². The van der Waals surface area contributed by atoms with Crippen LogP contribution in [0.25, 0.3) is 0 Å². The summed E-state index contributed by atoms with van der Waals surface area (Å²) >= 11 is 0. The average molecular weight is 290 g/mol. The molecule has 21 heavy (non-hydrogen) atoms. The van der Waals surface area contributed by atoms with Crippen LogP contribution < -0.4 is 5.32 Å². The molecule has 0 spiro atoms. The average Bonchev–Trinajstić information content (AvgIpc) is 2.49. The SMILES string of the molecule is COCC(Nc1cc([N+](=O)[O-])ccc1F)c1ccccc1. The largest absolute Gasteiger partial charge is 0.382 e. The molecule has 0 heterocycles. The van der Waals surface area contributed by atoms with Gasteiger partial charge in [0.2, 0.25) is 0 Å². The van der Waals surface area contributed by atoms with Crippen molar-refractivity contribution in [3.05, 3.63) is 70.0 Å². The molecule has 0 aromatic heterocycles. The first-order valence-electron chi connectivity index (χ1n) is 6.36. The summed E-state index contributed by atoms with van der Waals surface area (Å²) in [5, 5.41) is 13.7. The Balaban J connectivity index is 2.28. The summed E-state index contributed by atoms with van der Waals surface area (Å²) in [6.45, 7) is 0.312. The van der Waals surface area contributed by atoms with Crippen LogP contribution in [0.15, 0.2) is 48.5 Å². The quantitative estimate of drug-likeness (QED) is 0.653. The molecule has 0 amide bonds. The number of halogens is 1. The highest BCUT2D eigenvalue weighted by Gasteiger charge is 2.16. The van der Waals surface area contributed by atoms with Gasteiger partial charge in [-0.2, -0.15) is 0 Å². The zero-order chi connectivity index (χ0) is 15.2. The molecule has 0 aliphatic carbocycles. The molecule has 1 atom stereocenters. The number of non-ortho nitro benzene ring substituents is 1. The van der Waals surface area contributed by atoms with E-state index in [1.54, 1.807) is 7.11 Å². The van der Waals surface area contributed by atoms with E-state index < -0.39 is 10.7 Å². The predicted octanol–water partition coefficient (Wildman–Crippen LogP) is 3.53. The van der Waals surface area contributed by atoms with Gasteiger partial charge in [0.15, 0.2) is 0 Å². The van der Waals surface area contributed by atoms with Gasteiger partial charge in [0.1, 0.15) is 5.82 Å². The molecule has 0 bridgehead atoms. The van der Waals surface area contributed by atoms with Gasteiger partial charge in [-0.25, -0.2) is 4.39 Å². The first-order valence-corrected chi connectivity index (χ1v) is 6.36. The van der Waals surface area contributed by atoms with E-state index in [2.05, 4.69) is 5.32 Å². The third-order valence-electron chi connectivity index (χ3n) is 3.03. The number of nitrogens with one attached hydrogen (secondary N) is 1. The van der Waals surface area contributed by atoms with Gasteiger partial charge in [-0.1, -0.05) is 30.3 Å². The van der Waals surface area contributed by atoms with Crippen molar-refractivity contribution in [2.24, 2.45) is 0 Å². The maximum absolute atomic E-state index is 13.8. The van der Waals surface area contributed by atoms with E-state index in [1.165, 1.54) is 6.07 Å². The van der Waals surface area contributed by atoms with Gasteiger partial charge in [-0.05, 0) is 11.6 Å². The van der Waals surface area contributed by atoms with Crippen molar-refractivity contribution in [3.63, 3.8) is 0 Å². The maximum Gasteiger partial charge on any atom is 0.271 e. The van der Waals surface area contributed by atoms with Crippen molar-refractivity contribution in [1.82, 2.24) is 0 Å². The number of nitro groups is 1. The molecule has 6 heteroatoms. The fourth-order valence-electron chi connectivity index (χ4n) is 2.00. The molecule has 0 saturated heterocycles. The first-order chi connectivity index (χ1) is 10.1. The molecule has 0 radical (unpaired) electrons. The van der Waals surface area contributed by atoms with Gasteiger partial charge in [-0.15, -0.1) is 0 Å². The highest BCUT2D eigenvalue weighted by Crippen LogP contribution is 2.26. The van der Waals surface area contributed by atoms with Crippen LogP contribution in [0.3, 0.4) is 0 Å². The summed E-state index contributed by atoms with van der Waals surface area (Å²) in [4.78, 5) is 10.2. The lowest BCUT2D eigenvalue weighted by Crippen LogP contribution is -2.17. The molecule has 1 N–H and O–H groups in total. The Hall–Kier alpha value is -2.47. The Morgan fingerprint density at radius 2 is 2.00 bits per heavy atom. The Labute approximate surface area is 121 Å². The number of anilines is 1. The Bertz CT molecular complexity index is 620. The van der Waals surface area contributed by atoms with Crippen LogP contribution in [-0.2, 0) is 4.74 Å². The monoisotopic (exact) mass is 290 g/mol. The van der Waals surface area contributed by atoms with Crippen molar-refractivity contribution in [3.8, 4) is 0 Å². The summed E-state index contributed by atoms with van der Waals surface area (Å²) in [5.41, 5.74) is 0.823. The van der Waals surface area contributed by atoms with Crippen LogP contribution >= 0.6 is 0 Å². The topological polar surface area (TPSA) is 64.4 Å². The summed E-state index contributed by atoms with van der Waals surface area (Å²) in [6.07, 6.45) is 0. The number of nitrogens with zero attached hydrogens (tertiary/aromatic N) is 1. The van der Waals surface area contributed by atoms with E-state index in [0.717, 1.165) is 17.7 Å². The number of methoxy groups -OCH3 is 1. The molecule has 0 aliphatic rings. The Kier molecular flexibility index (Phi) is 4.84. The number of rotatable bonds is 6. The molecule has 2 rings (SSSR count). The lowest BCUT2D eigenvalue weighted by Gasteiger charge is -2.20. The molecular weight excluding hydrogens is 275 g/mol. The predicted molar refractivity (Wildman–Crippen MR) is 77.7 cm³/mol. The molecular formula is C15H15FN2O3. The van der Waals surface area contributed by atoms with Crippen molar-refractivity contribution in [2.75, 3.05) is 19.0 Å². The minimum Gasteiger partial charge on any atom is -0.382 e. The van der Waals surface area contributed by atoms with Gasteiger partial charge in [-0.3, -0.25) is 10.1 Å². The second-order valence-electron chi connectivity index (χ2n) is 4.48. The van der Waals surface area contributed by atoms with E-state index in [4.69, 9.17) is 4.74 Å². The van der Waals surface area contributed by atoms with E-state index in [1.807, 2.05) is 30.3 Å². The van der Waals surface area contributed by atoms with E-state index in [0.29, 0.717) is 6.61 Å². The van der Waals surface area contributed by atoms with Crippen LogP contribution in [0.4, 0.5) is 15.8 Å². The summed E-state index contributed by atoms with van der Waals surface area (Å²) in [7, 11) is 1.54. The van der Waals surface area contributed by atoms with Gasteiger partial charge in [0.25, 0.3) is 5.69 Å². The molecule has 2 aromatic rings. The van der Waals surface area contributed by atoms with Crippen molar-refractivity contribution < 1.29 is 14.1 Å². The summed E-state index contributed by atoms with van der Waals surface area (Å²) < 4.78 is 19.0. The standard InChI is InChI=1S/C15H15FN2O3/c1-21-10-15(11-5-3-2-4-6-11)17-14-9-12(18(19)20)7-8-13(14)16/h2-9,15,17H,10H2,1H3. The number of hydrogen-bond donors (Lipinski definition) is 1. The third kappa shape index (κ3) is 3.76.